The van der Waals surface area contributed by atoms with Gasteiger partial charge in [-0.3, -0.25) is 4.98 Å². The lowest BCUT2D eigenvalue weighted by Crippen LogP contribution is -2.43. The van der Waals surface area contributed by atoms with E-state index >= 15 is 0 Å². The third kappa shape index (κ3) is 2.73. The molecule has 2 aromatic rings. The zero-order chi connectivity index (χ0) is 14.7. The summed E-state index contributed by atoms with van der Waals surface area (Å²) < 4.78 is 0. The van der Waals surface area contributed by atoms with Gasteiger partial charge in [0.25, 0.3) is 0 Å². The predicted octanol–water partition coefficient (Wildman–Crippen LogP) is 2.21. The molecule has 108 valence electrons. The van der Waals surface area contributed by atoms with Gasteiger partial charge in [-0.15, -0.1) is 0 Å². The van der Waals surface area contributed by atoms with E-state index in [2.05, 4.69) is 16.4 Å². The number of urea groups is 1. The van der Waals surface area contributed by atoms with Crippen molar-refractivity contribution in [2.75, 3.05) is 18.5 Å². The summed E-state index contributed by atoms with van der Waals surface area (Å²) in [6.07, 6.45) is 4.06. The number of nitrogens with one attached hydrogen (secondary N) is 1. The number of aliphatic hydroxyl groups excluding tert-OH is 1. The van der Waals surface area contributed by atoms with E-state index < -0.39 is 0 Å². The summed E-state index contributed by atoms with van der Waals surface area (Å²) in [6.45, 7) is 0.514. The number of fused-ring (bicyclic) bond motifs is 1. The molecular weight excluding hydrogens is 266 g/mol. The summed E-state index contributed by atoms with van der Waals surface area (Å²) in [5.41, 5.74) is 2.92. The van der Waals surface area contributed by atoms with E-state index in [-0.39, 0.29) is 18.7 Å². The molecule has 1 aliphatic heterocycles. The van der Waals surface area contributed by atoms with Gasteiger partial charge in [0, 0.05) is 24.6 Å². The fourth-order valence-electron chi connectivity index (χ4n) is 2.72. The Kier molecular flexibility index (Phi) is 3.83. The molecule has 1 unspecified atom stereocenters. The molecule has 1 aromatic carbocycles. The van der Waals surface area contributed by atoms with Gasteiger partial charge in [0.05, 0.1) is 12.6 Å². The van der Waals surface area contributed by atoms with Gasteiger partial charge in [-0.25, -0.2) is 4.79 Å². The average Bonchev–Trinajstić information content (AvgIpc) is 2.54. The molecule has 1 atom stereocenters. The van der Waals surface area contributed by atoms with E-state index in [1.165, 1.54) is 5.56 Å². The first-order chi connectivity index (χ1) is 10.3. The first kappa shape index (κ1) is 13.6. The highest BCUT2D eigenvalue weighted by Crippen LogP contribution is 2.29. The normalized spacial score (nSPS) is 17.2. The maximum absolute atomic E-state index is 12.4. The van der Waals surface area contributed by atoms with Crippen LogP contribution < -0.4 is 5.32 Å². The zero-order valence-corrected chi connectivity index (χ0v) is 11.6. The van der Waals surface area contributed by atoms with Crippen molar-refractivity contribution < 1.29 is 9.90 Å². The average molecular weight is 283 g/mol. The van der Waals surface area contributed by atoms with Crippen LogP contribution in [0.2, 0.25) is 0 Å². The van der Waals surface area contributed by atoms with Crippen LogP contribution >= 0.6 is 0 Å². The van der Waals surface area contributed by atoms with Crippen molar-refractivity contribution in [1.29, 1.82) is 0 Å². The number of amides is 2. The maximum Gasteiger partial charge on any atom is 0.322 e. The Labute approximate surface area is 123 Å². The third-order valence-corrected chi connectivity index (χ3v) is 3.78. The minimum absolute atomic E-state index is 0.0826. The van der Waals surface area contributed by atoms with E-state index in [1.807, 2.05) is 18.2 Å². The summed E-state index contributed by atoms with van der Waals surface area (Å²) in [5, 5.41) is 12.5. The van der Waals surface area contributed by atoms with Crippen LogP contribution in [-0.4, -0.2) is 34.2 Å². The van der Waals surface area contributed by atoms with Gasteiger partial charge in [-0.05, 0) is 29.7 Å². The van der Waals surface area contributed by atoms with Crippen molar-refractivity contribution in [3.05, 3.63) is 59.9 Å². The second kappa shape index (κ2) is 5.93. The lowest BCUT2D eigenvalue weighted by Gasteiger charge is -2.36. The maximum atomic E-state index is 12.4. The predicted molar refractivity (Wildman–Crippen MR) is 79.9 cm³/mol. The fourth-order valence-corrected chi connectivity index (χ4v) is 2.72. The summed E-state index contributed by atoms with van der Waals surface area (Å²) in [4.78, 5) is 18.0. The topological polar surface area (TPSA) is 65.5 Å². The second-order valence-corrected chi connectivity index (χ2v) is 5.01. The molecule has 1 aromatic heterocycles. The molecule has 0 saturated carbocycles. The molecule has 0 bridgehead atoms. The molecule has 0 saturated heterocycles. The minimum Gasteiger partial charge on any atom is -0.394 e. The molecule has 21 heavy (non-hydrogen) atoms. The number of rotatable bonds is 2. The zero-order valence-electron chi connectivity index (χ0n) is 11.6. The molecule has 2 amide bonds. The highest BCUT2D eigenvalue weighted by atomic mass is 16.3. The summed E-state index contributed by atoms with van der Waals surface area (Å²) in [7, 11) is 0. The Morgan fingerprint density at radius 2 is 2.05 bits per heavy atom. The molecular formula is C16H17N3O2. The Balaban J connectivity index is 1.81. The van der Waals surface area contributed by atoms with Crippen LogP contribution in [0.4, 0.5) is 10.5 Å². The SMILES string of the molecule is O=C(Nc1ccncc1)N1CCc2ccccc2C1CO. The smallest absolute Gasteiger partial charge is 0.322 e. The summed E-state index contributed by atoms with van der Waals surface area (Å²) in [6, 6.07) is 10.9. The number of nitrogens with zero attached hydrogens (tertiary/aromatic N) is 2. The van der Waals surface area contributed by atoms with Gasteiger partial charge in [0.15, 0.2) is 0 Å². The number of aliphatic hydroxyl groups is 1. The highest BCUT2D eigenvalue weighted by molar-refractivity contribution is 5.89. The van der Waals surface area contributed by atoms with Crippen molar-refractivity contribution >= 4 is 11.7 Å². The van der Waals surface area contributed by atoms with Crippen LogP contribution in [0.1, 0.15) is 17.2 Å². The molecule has 2 heterocycles. The fraction of sp³-hybridized carbons (Fsp3) is 0.250. The highest BCUT2D eigenvalue weighted by Gasteiger charge is 2.30. The lowest BCUT2D eigenvalue weighted by molar-refractivity contribution is 0.135. The van der Waals surface area contributed by atoms with Crippen molar-refractivity contribution in [2.24, 2.45) is 0 Å². The largest absolute Gasteiger partial charge is 0.394 e. The van der Waals surface area contributed by atoms with E-state index in [0.717, 1.165) is 12.0 Å². The number of carbonyl (C=O) groups excluding carboxylic acids is 1. The van der Waals surface area contributed by atoms with Crippen molar-refractivity contribution in [3.8, 4) is 0 Å². The molecule has 1 aliphatic rings. The van der Waals surface area contributed by atoms with Gasteiger partial charge < -0.3 is 15.3 Å². The number of carbonyl (C=O) groups is 1. The number of aromatic nitrogens is 1. The van der Waals surface area contributed by atoms with Gasteiger partial charge >= 0.3 is 6.03 Å². The van der Waals surface area contributed by atoms with E-state index in [9.17, 15) is 9.90 Å². The number of benzene rings is 1. The molecule has 5 nitrogen and oxygen atoms in total. The Hall–Kier alpha value is -2.40. The first-order valence-corrected chi connectivity index (χ1v) is 6.96. The molecule has 0 fully saturated rings. The molecule has 0 radical (unpaired) electrons. The molecule has 5 heteroatoms. The molecule has 2 N–H and O–H groups in total. The lowest BCUT2D eigenvalue weighted by atomic mass is 9.93. The summed E-state index contributed by atoms with van der Waals surface area (Å²) >= 11 is 0. The number of pyridine rings is 1. The summed E-state index contributed by atoms with van der Waals surface area (Å²) in [5.74, 6) is 0. The van der Waals surface area contributed by atoms with Crippen LogP contribution in [-0.2, 0) is 6.42 Å². The van der Waals surface area contributed by atoms with Crippen LogP contribution in [0.5, 0.6) is 0 Å². The molecule has 0 aliphatic carbocycles. The Morgan fingerprint density at radius 3 is 2.81 bits per heavy atom. The Morgan fingerprint density at radius 1 is 1.29 bits per heavy atom. The van der Waals surface area contributed by atoms with Crippen LogP contribution in [0.25, 0.3) is 0 Å². The van der Waals surface area contributed by atoms with E-state index in [1.54, 1.807) is 29.4 Å². The second-order valence-electron chi connectivity index (χ2n) is 5.01. The van der Waals surface area contributed by atoms with Crippen LogP contribution in [0.15, 0.2) is 48.8 Å². The monoisotopic (exact) mass is 283 g/mol. The van der Waals surface area contributed by atoms with Gasteiger partial charge in [-0.1, -0.05) is 24.3 Å². The molecule has 0 spiro atoms. The van der Waals surface area contributed by atoms with Gasteiger partial charge in [0.1, 0.15) is 0 Å². The van der Waals surface area contributed by atoms with Gasteiger partial charge in [0.2, 0.25) is 0 Å². The Bertz CT molecular complexity index is 630. The first-order valence-electron chi connectivity index (χ1n) is 6.96. The van der Waals surface area contributed by atoms with Crippen molar-refractivity contribution in [1.82, 2.24) is 9.88 Å². The molecule has 3 rings (SSSR count). The van der Waals surface area contributed by atoms with Gasteiger partial charge in [-0.2, -0.15) is 0 Å². The number of hydrogen-bond donors (Lipinski definition) is 2. The minimum atomic E-state index is -0.295. The number of hydrogen-bond acceptors (Lipinski definition) is 3. The quantitative estimate of drug-likeness (QED) is 0.888. The van der Waals surface area contributed by atoms with E-state index in [4.69, 9.17) is 0 Å². The van der Waals surface area contributed by atoms with Crippen LogP contribution in [0, 0.1) is 0 Å². The standard InChI is InChI=1S/C16H17N3O2/c20-11-15-14-4-2-1-3-12(14)7-10-19(15)16(21)18-13-5-8-17-9-6-13/h1-6,8-9,15,20H,7,10-11H2,(H,17,18,21). The van der Waals surface area contributed by atoms with Crippen molar-refractivity contribution in [3.63, 3.8) is 0 Å². The van der Waals surface area contributed by atoms with Crippen LogP contribution in [0.3, 0.4) is 0 Å². The van der Waals surface area contributed by atoms with E-state index in [0.29, 0.717) is 12.2 Å². The number of anilines is 1. The van der Waals surface area contributed by atoms with Crippen molar-refractivity contribution in [2.45, 2.75) is 12.5 Å². The third-order valence-electron chi connectivity index (χ3n) is 3.78.